The molecule has 1 aromatic carbocycles. The Hall–Kier alpha value is -1.59. The van der Waals surface area contributed by atoms with Gasteiger partial charge in [0.2, 0.25) is 5.91 Å². The fraction of sp³-hybridized carbons (Fsp3) is 0.632. The second-order valence-electron chi connectivity index (χ2n) is 6.23. The number of carbonyl (C=O) groups is 1. The maximum atomic E-state index is 12.1. The molecule has 1 aliphatic rings. The van der Waals surface area contributed by atoms with Crippen molar-refractivity contribution < 1.29 is 14.3 Å². The summed E-state index contributed by atoms with van der Waals surface area (Å²) in [6.45, 7) is 6.39. The van der Waals surface area contributed by atoms with Crippen LogP contribution in [-0.4, -0.2) is 50.3 Å². The lowest BCUT2D eigenvalue weighted by atomic mass is 10.2. The summed E-state index contributed by atoms with van der Waals surface area (Å²) in [6.07, 6.45) is 6.12. The Kier molecular flexibility index (Phi) is 8.63. The minimum absolute atomic E-state index is 0.00798. The van der Waals surface area contributed by atoms with Crippen molar-refractivity contribution in [2.45, 2.75) is 39.0 Å². The Morgan fingerprint density at radius 2 is 2.00 bits per heavy atom. The Labute approximate surface area is 145 Å². The highest BCUT2D eigenvalue weighted by Crippen LogP contribution is 2.18. The van der Waals surface area contributed by atoms with Gasteiger partial charge in [-0.25, -0.2) is 0 Å². The second kappa shape index (κ2) is 11.0. The molecule has 5 heteroatoms. The fourth-order valence-corrected chi connectivity index (χ4v) is 2.72. The summed E-state index contributed by atoms with van der Waals surface area (Å²) in [5, 5.41) is 2.95. The van der Waals surface area contributed by atoms with E-state index in [1.54, 1.807) is 0 Å². The van der Waals surface area contributed by atoms with E-state index in [0.29, 0.717) is 19.8 Å². The Bertz CT molecular complexity index is 487. The average molecular weight is 334 g/mol. The van der Waals surface area contributed by atoms with Gasteiger partial charge in [0, 0.05) is 24.8 Å². The number of hydrogen-bond donors (Lipinski definition) is 1. The molecule has 134 valence electrons. The third-order valence-corrected chi connectivity index (χ3v) is 4.11. The van der Waals surface area contributed by atoms with E-state index in [9.17, 15) is 4.79 Å². The summed E-state index contributed by atoms with van der Waals surface area (Å²) in [7, 11) is 0. The van der Waals surface area contributed by atoms with Crippen molar-refractivity contribution in [1.82, 2.24) is 4.90 Å². The number of nitrogens with one attached hydrogen (secondary N) is 1. The molecular weight excluding hydrogens is 304 g/mol. The first-order valence-electron chi connectivity index (χ1n) is 9.10. The molecule has 0 aromatic heterocycles. The van der Waals surface area contributed by atoms with Crippen LogP contribution in [-0.2, 0) is 9.53 Å². The topological polar surface area (TPSA) is 50.8 Å². The predicted octanol–water partition coefficient (Wildman–Crippen LogP) is 3.31. The largest absolute Gasteiger partial charge is 0.494 e. The highest BCUT2D eigenvalue weighted by atomic mass is 16.5. The molecular formula is C19H30N2O3. The fourth-order valence-electron chi connectivity index (χ4n) is 2.72. The van der Waals surface area contributed by atoms with Gasteiger partial charge in [-0.05, 0) is 18.6 Å². The zero-order valence-corrected chi connectivity index (χ0v) is 14.8. The molecule has 2 rings (SSSR count). The van der Waals surface area contributed by atoms with Gasteiger partial charge in [-0.3, -0.25) is 9.69 Å². The molecule has 0 aliphatic carbocycles. The number of unbranched alkanes of at least 4 members (excludes halogenated alkanes) is 4. The first-order chi connectivity index (χ1) is 11.8. The van der Waals surface area contributed by atoms with Crippen LogP contribution in [0.2, 0.25) is 0 Å². The van der Waals surface area contributed by atoms with E-state index in [1.807, 2.05) is 24.3 Å². The molecule has 0 atom stereocenters. The molecule has 1 aromatic rings. The zero-order chi connectivity index (χ0) is 17.0. The van der Waals surface area contributed by atoms with Gasteiger partial charge in [-0.1, -0.05) is 38.7 Å². The van der Waals surface area contributed by atoms with Crippen LogP contribution < -0.4 is 10.1 Å². The second-order valence-corrected chi connectivity index (χ2v) is 6.23. The Morgan fingerprint density at radius 1 is 1.21 bits per heavy atom. The molecule has 1 fully saturated rings. The van der Waals surface area contributed by atoms with E-state index < -0.39 is 0 Å². The maximum absolute atomic E-state index is 12.1. The van der Waals surface area contributed by atoms with Crippen LogP contribution in [0.4, 0.5) is 5.69 Å². The summed E-state index contributed by atoms with van der Waals surface area (Å²) in [5.41, 5.74) is 0.789. The van der Waals surface area contributed by atoms with E-state index in [-0.39, 0.29) is 5.91 Å². The van der Waals surface area contributed by atoms with Crippen LogP contribution >= 0.6 is 0 Å². The Morgan fingerprint density at radius 3 is 2.79 bits per heavy atom. The Balaban J connectivity index is 1.70. The van der Waals surface area contributed by atoms with E-state index in [0.717, 1.165) is 37.6 Å². The van der Waals surface area contributed by atoms with Crippen LogP contribution in [0, 0.1) is 0 Å². The molecule has 0 radical (unpaired) electrons. The van der Waals surface area contributed by atoms with E-state index >= 15 is 0 Å². The van der Waals surface area contributed by atoms with Gasteiger partial charge in [-0.2, -0.15) is 0 Å². The quantitative estimate of drug-likeness (QED) is 0.667. The molecule has 1 heterocycles. The van der Waals surface area contributed by atoms with Crippen molar-refractivity contribution in [3.8, 4) is 5.75 Å². The molecule has 24 heavy (non-hydrogen) atoms. The van der Waals surface area contributed by atoms with Crippen LogP contribution in [0.25, 0.3) is 0 Å². The first kappa shape index (κ1) is 18.7. The third-order valence-electron chi connectivity index (χ3n) is 4.11. The predicted molar refractivity (Wildman–Crippen MR) is 96.6 cm³/mol. The highest BCUT2D eigenvalue weighted by Gasteiger charge is 2.14. The highest BCUT2D eigenvalue weighted by molar-refractivity contribution is 5.92. The van der Waals surface area contributed by atoms with Crippen molar-refractivity contribution in [2.24, 2.45) is 0 Å². The van der Waals surface area contributed by atoms with Gasteiger partial charge >= 0.3 is 0 Å². The number of anilines is 1. The number of nitrogens with zero attached hydrogens (tertiary/aromatic N) is 1. The number of morpholine rings is 1. The van der Waals surface area contributed by atoms with E-state index in [1.165, 1.54) is 25.7 Å². The number of hydrogen-bond acceptors (Lipinski definition) is 4. The number of ether oxygens (including phenoxy) is 2. The van der Waals surface area contributed by atoms with Gasteiger partial charge in [0.05, 0.1) is 26.4 Å². The smallest absolute Gasteiger partial charge is 0.238 e. The monoisotopic (exact) mass is 334 g/mol. The van der Waals surface area contributed by atoms with Crippen LogP contribution in [0.5, 0.6) is 5.75 Å². The third kappa shape index (κ3) is 7.32. The molecule has 1 aliphatic heterocycles. The number of rotatable bonds is 10. The van der Waals surface area contributed by atoms with Crippen LogP contribution in [0.15, 0.2) is 24.3 Å². The van der Waals surface area contributed by atoms with Crippen molar-refractivity contribution in [2.75, 3.05) is 44.8 Å². The molecule has 0 saturated carbocycles. The van der Waals surface area contributed by atoms with Crippen molar-refractivity contribution >= 4 is 11.6 Å². The lowest BCUT2D eigenvalue weighted by Crippen LogP contribution is -2.41. The molecule has 1 amide bonds. The van der Waals surface area contributed by atoms with Crippen molar-refractivity contribution in [1.29, 1.82) is 0 Å². The lowest BCUT2D eigenvalue weighted by molar-refractivity contribution is -0.118. The number of benzene rings is 1. The van der Waals surface area contributed by atoms with Gasteiger partial charge in [0.1, 0.15) is 5.75 Å². The minimum atomic E-state index is 0.00798. The molecule has 0 spiro atoms. The summed E-state index contributed by atoms with van der Waals surface area (Å²) in [5.74, 6) is 0.822. The number of amides is 1. The zero-order valence-electron chi connectivity index (χ0n) is 14.8. The summed E-state index contributed by atoms with van der Waals surface area (Å²) >= 11 is 0. The molecule has 1 N–H and O–H groups in total. The molecule has 5 nitrogen and oxygen atoms in total. The van der Waals surface area contributed by atoms with Crippen LogP contribution in [0.3, 0.4) is 0 Å². The number of carbonyl (C=O) groups excluding carboxylic acids is 1. The summed E-state index contributed by atoms with van der Waals surface area (Å²) < 4.78 is 11.1. The van der Waals surface area contributed by atoms with Gasteiger partial charge < -0.3 is 14.8 Å². The molecule has 0 bridgehead atoms. The standard InChI is InChI=1S/C19H30N2O3/c1-2-3-4-5-6-12-24-18-9-7-8-17(15-18)20-19(22)16-21-10-13-23-14-11-21/h7-9,15H,2-6,10-14,16H2,1H3,(H,20,22). The first-order valence-corrected chi connectivity index (χ1v) is 9.10. The van der Waals surface area contributed by atoms with Gasteiger partial charge in [0.15, 0.2) is 0 Å². The van der Waals surface area contributed by atoms with Gasteiger partial charge in [-0.15, -0.1) is 0 Å². The van der Waals surface area contributed by atoms with Crippen LogP contribution in [0.1, 0.15) is 39.0 Å². The normalized spacial score (nSPS) is 15.2. The molecule has 1 saturated heterocycles. The average Bonchev–Trinajstić information content (AvgIpc) is 2.59. The van der Waals surface area contributed by atoms with Gasteiger partial charge in [0.25, 0.3) is 0 Å². The van der Waals surface area contributed by atoms with Crippen molar-refractivity contribution in [3.05, 3.63) is 24.3 Å². The molecule has 0 unspecified atom stereocenters. The van der Waals surface area contributed by atoms with Crippen molar-refractivity contribution in [3.63, 3.8) is 0 Å². The minimum Gasteiger partial charge on any atom is -0.494 e. The SMILES string of the molecule is CCCCCCCOc1cccc(NC(=O)CN2CCOCC2)c1. The summed E-state index contributed by atoms with van der Waals surface area (Å²) in [6, 6.07) is 7.63. The van der Waals surface area contributed by atoms with E-state index in [4.69, 9.17) is 9.47 Å². The summed E-state index contributed by atoms with van der Waals surface area (Å²) in [4.78, 5) is 14.2. The van der Waals surface area contributed by atoms with E-state index in [2.05, 4.69) is 17.1 Å². The lowest BCUT2D eigenvalue weighted by Gasteiger charge is -2.25. The maximum Gasteiger partial charge on any atom is 0.238 e.